The highest BCUT2D eigenvalue weighted by atomic mass is 31.1. The summed E-state index contributed by atoms with van der Waals surface area (Å²) in [5, 5.41) is 24.7. The average Bonchev–Trinajstić information content (AvgIpc) is 1.84. The minimum Gasteiger partial charge on any atom is -0.481 e. The first-order valence-corrected chi connectivity index (χ1v) is 4.14. The molecule has 68 valence electrons. The maximum Gasteiger partial charge on any atom is 0.322 e. The van der Waals surface area contributed by atoms with Crippen molar-refractivity contribution in [1.82, 2.24) is 0 Å². The first-order valence-electron chi connectivity index (χ1n) is 2.86. The Morgan fingerprint density at radius 1 is 1.08 bits per heavy atom. The zero-order valence-corrected chi connectivity index (χ0v) is 6.85. The Bertz CT molecular complexity index is 198. The van der Waals surface area contributed by atoms with Crippen molar-refractivity contribution in [2.45, 2.75) is 5.66 Å². The van der Waals surface area contributed by atoms with Crippen molar-refractivity contribution < 1.29 is 29.7 Å². The van der Waals surface area contributed by atoms with Gasteiger partial charge in [-0.2, -0.15) is 0 Å². The lowest BCUT2D eigenvalue weighted by Gasteiger charge is -2.03. The van der Waals surface area contributed by atoms with Crippen molar-refractivity contribution in [3.63, 3.8) is 0 Å². The number of hydrogen-bond donors (Lipinski definition) is 3. The third kappa shape index (κ3) is 3.88. The first-order chi connectivity index (χ1) is 5.45. The molecular formula is C5H7O6P. The Hall–Kier alpha value is -1.16. The molecule has 0 aliphatic rings. The summed E-state index contributed by atoms with van der Waals surface area (Å²) in [5.74, 6) is -4.19. The van der Waals surface area contributed by atoms with Crippen LogP contribution in [-0.4, -0.2) is 45.0 Å². The fourth-order valence-corrected chi connectivity index (χ4v) is 1.20. The third-order valence-electron chi connectivity index (χ3n) is 0.951. The highest BCUT2D eigenvalue weighted by Crippen LogP contribution is 2.18. The highest BCUT2D eigenvalue weighted by Gasteiger charge is 2.25. The van der Waals surface area contributed by atoms with E-state index in [0.717, 1.165) is 0 Å². The van der Waals surface area contributed by atoms with E-state index in [2.05, 4.69) is 0 Å². The van der Waals surface area contributed by atoms with Gasteiger partial charge in [0.2, 0.25) is 0 Å². The molecule has 0 aliphatic carbocycles. The largest absolute Gasteiger partial charge is 0.481 e. The summed E-state index contributed by atoms with van der Waals surface area (Å²) in [5.41, 5.74) is -1.60. The second kappa shape index (κ2) is 4.66. The van der Waals surface area contributed by atoms with Gasteiger partial charge in [0.1, 0.15) is 0 Å². The zero-order valence-electron chi connectivity index (χ0n) is 5.85. The van der Waals surface area contributed by atoms with Crippen molar-refractivity contribution in [2.75, 3.05) is 6.16 Å². The Labute approximate surface area is 69.0 Å². The van der Waals surface area contributed by atoms with Crippen LogP contribution in [0.3, 0.4) is 0 Å². The van der Waals surface area contributed by atoms with E-state index in [4.69, 9.17) is 15.3 Å². The van der Waals surface area contributed by atoms with Gasteiger partial charge in [-0.15, -0.1) is 0 Å². The van der Waals surface area contributed by atoms with Crippen LogP contribution in [0.5, 0.6) is 0 Å². The summed E-state index contributed by atoms with van der Waals surface area (Å²) >= 11 is 0. The van der Waals surface area contributed by atoms with Gasteiger partial charge in [-0.1, -0.05) is 8.58 Å². The van der Waals surface area contributed by atoms with Crippen LogP contribution in [-0.2, 0) is 14.4 Å². The molecule has 0 aliphatic heterocycles. The molecule has 0 heterocycles. The van der Waals surface area contributed by atoms with Gasteiger partial charge in [0, 0.05) is 0 Å². The monoisotopic (exact) mass is 194 g/mol. The van der Waals surface area contributed by atoms with Crippen molar-refractivity contribution >= 4 is 26.5 Å². The summed E-state index contributed by atoms with van der Waals surface area (Å²) in [6, 6.07) is 0. The normalized spacial score (nSPS) is 10.8. The van der Waals surface area contributed by atoms with Crippen molar-refractivity contribution in [3.05, 3.63) is 0 Å². The van der Waals surface area contributed by atoms with Gasteiger partial charge in [-0.05, 0) is 0 Å². The molecule has 0 amide bonds. The Kier molecular flexibility index (Phi) is 4.21. The standard InChI is InChI=1S/C5H7O6P/c6-2(7)1-12-3(4(8)9)5(10)11/h3,12H,1H2,(H,6,7)(H,8,9)(H,10,11). The van der Waals surface area contributed by atoms with E-state index < -0.39 is 38.3 Å². The summed E-state index contributed by atoms with van der Waals surface area (Å²) in [6.07, 6.45) is -0.427. The van der Waals surface area contributed by atoms with Crippen molar-refractivity contribution in [1.29, 1.82) is 0 Å². The van der Waals surface area contributed by atoms with Crippen molar-refractivity contribution in [2.24, 2.45) is 0 Å². The molecule has 1 atom stereocenters. The van der Waals surface area contributed by atoms with Gasteiger partial charge in [0.15, 0.2) is 5.66 Å². The summed E-state index contributed by atoms with van der Waals surface area (Å²) in [4.78, 5) is 30.3. The SMILES string of the molecule is O=C(O)CPC(C(=O)O)C(=O)O. The third-order valence-corrected chi connectivity index (χ3v) is 2.36. The molecule has 3 N–H and O–H groups in total. The molecule has 0 bridgehead atoms. The maximum atomic E-state index is 10.2. The van der Waals surface area contributed by atoms with Gasteiger partial charge in [0.05, 0.1) is 6.16 Å². The predicted octanol–water partition coefficient (Wildman–Crippen LogP) is -0.713. The summed E-state index contributed by atoms with van der Waals surface area (Å²) < 4.78 is 0. The lowest BCUT2D eigenvalue weighted by molar-refractivity contribution is -0.146. The average molecular weight is 194 g/mol. The number of carbonyl (C=O) groups is 3. The van der Waals surface area contributed by atoms with Gasteiger partial charge in [-0.25, -0.2) is 0 Å². The van der Waals surface area contributed by atoms with Crippen LogP contribution in [0.4, 0.5) is 0 Å². The highest BCUT2D eigenvalue weighted by molar-refractivity contribution is 7.42. The lowest BCUT2D eigenvalue weighted by Crippen LogP contribution is -2.26. The fraction of sp³-hybridized carbons (Fsp3) is 0.400. The van der Waals surface area contributed by atoms with E-state index in [1.807, 2.05) is 0 Å². The molecule has 1 unspecified atom stereocenters. The molecule has 0 rings (SSSR count). The van der Waals surface area contributed by atoms with Gasteiger partial charge < -0.3 is 15.3 Å². The van der Waals surface area contributed by atoms with Gasteiger partial charge in [-0.3, -0.25) is 14.4 Å². The first kappa shape index (κ1) is 10.8. The van der Waals surface area contributed by atoms with E-state index in [1.165, 1.54) is 0 Å². The van der Waals surface area contributed by atoms with Gasteiger partial charge in [0.25, 0.3) is 0 Å². The molecule has 0 aromatic rings. The Morgan fingerprint density at radius 2 is 1.50 bits per heavy atom. The smallest absolute Gasteiger partial charge is 0.322 e. The summed E-state index contributed by atoms with van der Waals surface area (Å²) in [6.45, 7) is 0. The second-order valence-electron chi connectivity index (χ2n) is 1.88. The van der Waals surface area contributed by atoms with Crippen LogP contribution in [0.15, 0.2) is 0 Å². The van der Waals surface area contributed by atoms with Crippen molar-refractivity contribution in [3.8, 4) is 0 Å². The van der Waals surface area contributed by atoms with E-state index in [0.29, 0.717) is 0 Å². The number of hydrogen-bond acceptors (Lipinski definition) is 3. The molecular weight excluding hydrogens is 187 g/mol. The minimum absolute atomic E-state index is 0.427. The molecule has 6 nitrogen and oxygen atoms in total. The Morgan fingerprint density at radius 3 is 1.75 bits per heavy atom. The lowest BCUT2D eigenvalue weighted by atomic mass is 10.4. The van der Waals surface area contributed by atoms with Crippen LogP contribution >= 0.6 is 8.58 Å². The number of carboxylic acids is 3. The quantitative estimate of drug-likeness (QED) is 0.393. The second-order valence-corrected chi connectivity index (χ2v) is 3.22. The Balaban J connectivity index is 4.06. The molecule has 0 saturated carbocycles. The van der Waals surface area contributed by atoms with E-state index in [1.54, 1.807) is 0 Å². The maximum absolute atomic E-state index is 10.2. The van der Waals surface area contributed by atoms with Crippen LogP contribution in [0.2, 0.25) is 0 Å². The number of aliphatic carboxylic acids is 3. The molecule has 0 aromatic heterocycles. The summed E-state index contributed by atoms with van der Waals surface area (Å²) in [7, 11) is -0.634. The van der Waals surface area contributed by atoms with Crippen LogP contribution in [0.1, 0.15) is 0 Å². The van der Waals surface area contributed by atoms with Crippen LogP contribution in [0.25, 0.3) is 0 Å². The van der Waals surface area contributed by atoms with Crippen LogP contribution in [0, 0.1) is 0 Å². The van der Waals surface area contributed by atoms with Gasteiger partial charge >= 0.3 is 17.9 Å². The molecule has 7 heteroatoms. The predicted molar refractivity (Wildman–Crippen MR) is 39.9 cm³/mol. The van der Waals surface area contributed by atoms with E-state index in [-0.39, 0.29) is 0 Å². The van der Waals surface area contributed by atoms with E-state index in [9.17, 15) is 14.4 Å². The molecule has 12 heavy (non-hydrogen) atoms. The van der Waals surface area contributed by atoms with E-state index >= 15 is 0 Å². The molecule has 0 aromatic carbocycles. The molecule has 0 radical (unpaired) electrons. The fourth-order valence-electron chi connectivity index (χ4n) is 0.470. The molecule has 0 spiro atoms. The number of carboxylic acid groups (broad SMARTS) is 3. The topological polar surface area (TPSA) is 112 Å². The minimum atomic E-state index is -1.60. The zero-order chi connectivity index (χ0) is 9.72. The molecule has 0 saturated heterocycles. The molecule has 0 fully saturated rings. The number of rotatable bonds is 5. The van der Waals surface area contributed by atoms with Crippen LogP contribution < -0.4 is 0 Å².